The quantitative estimate of drug-likeness (QED) is 0.842. The molecule has 0 saturated carbocycles. The molecule has 1 aromatic rings. The van der Waals surface area contributed by atoms with Crippen molar-refractivity contribution in [3.8, 4) is 5.88 Å². The molecule has 0 saturated heterocycles. The van der Waals surface area contributed by atoms with E-state index < -0.39 is 18.7 Å². The van der Waals surface area contributed by atoms with Crippen LogP contribution >= 0.6 is 0 Å². The van der Waals surface area contributed by atoms with E-state index in [1.165, 1.54) is 25.4 Å². The van der Waals surface area contributed by atoms with E-state index in [1.807, 2.05) is 0 Å². The Hall–Kier alpha value is -1.30. The van der Waals surface area contributed by atoms with E-state index in [0.29, 0.717) is 11.4 Å². The first-order chi connectivity index (χ1) is 6.93. The van der Waals surface area contributed by atoms with Gasteiger partial charge in [-0.25, -0.2) is 4.98 Å². The van der Waals surface area contributed by atoms with Crippen LogP contribution in [-0.4, -0.2) is 29.5 Å². The third-order valence-electron chi connectivity index (χ3n) is 1.81. The van der Waals surface area contributed by atoms with Crippen molar-refractivity contribution >= 4 is 0 Å². The standard InChI is InChI=1S/C9H10F3NO2/c1-15-8-3-2-6(5-13-8)4-7(14)9(10,11)12/h2-3,5,7,14H,4H2,1H3. The number of methoxy groups -OCH3 is 1. The lowest BCUT2D eigenvalue weighted by atomic mass is 10.1. The fourth-order valence-electron chi connectivity index (χ4n) is 0.991. The minimum atomic E-state index is -4.60. The molecule has 15 heavy (non-hydrogen) atoms. The van der Waals surface area contributed by atoms with Crippen LogP contribution in [0.5, 0.6) is 5.88 Å². The predicted molar refractivity (Wildman–Crippen MR) is 46.6 cm³/mol. The molecule has 1 unspecified atom stereocenters. The third kappa shape index (κ3) is 3.39. The largest absolute Gasteiger partial charge is 0.481 e. The Labute approximate surface area is 84.5 Å². The number of hydrogen-bond donors (Lipinski definition) is 1. The van der Waals surface area contributed by atoms with Crippen LogP contribution in [0.25, 0.3) is 0 Å². The van der Waals surface area contributed by atoms with Gasteiger partial charge < -0.3 is 9.84 Å². The molecule has 0 aliphatic carbocycles. The van der Waals surface area contributed by atoms with Crippen molar-refractivity contribution in [3.05, 3.63) is 23.9 Å². The highest BCUT2D eigenvalue weighted by molar-refractivity contribution is 5.18. The van der Waals surface area contributed by atoms with Crippen LogP contribution in [-0.2, 0) is 6.42 Å². The Morgan fingerprint density at radius 2 is 2.13 bits per heavy atom. The van der Waals surface area contributed by atoms with Gasteiger partial charge in [0.05, 0.1) is 7.11 Å². The van der Waals surface area contributed by atoms with E-state index in [1.54, 1.807) is 0 Å². The summed E-state index contributed by atoms with van der Waals surface area (Å²) in [6, 6.07) is 2.87. The average molecular weight is 221 g/mol. The summed E-state index contributed by atoms with van der Waals surface area (Å²) >= 11 is 0. The lowest BCUT2D eigenvalue weighted by Crippen LogP contribution is -2.30. The number of aliphatic hydroxyl groups is 1. The average Bonchev–Trinajstić information content (AvgIpc) is 2.17. The zero-order chi connectivity index (χ0) is 11.5. The van der Waals surface area contributed by atoms with E-state index in [2.05, 4.69) is 4.98 Å². The van der Waals surface area contributed by atoms with Crippen molar-refractivity contribution in [1.82, 2.24) is 4.98 Å². The zero-order valence-corrected chi connectivity index (χ0v) is 7.95. The molecule has 1 atom stereocenters. The Morgan fingerprint density at radius 1 is 1.47 bits per heavy atom. The zero-order valence-electron chi connectivity index (χ0n) is 7.95. The number of ether oxygens (including phenoxy) is 1. The maximum Gasteiger partial charge on any atom is 0.414 e. The second-order valence-electron chi connectivity index (χ2n) is 2.97. The normalized spacial score (nSPS) is 13.7. The maximum atomic E-state index is 12.0. The maximum absolute atomic E-state index is 12.0. The molecule has 0 aromatic carbocycles. The number of halogens is 3. The second-order valence-corrected chi connectivity index (χ2v) is 2.97. The number of pyridine rings is 1. The number of aliphatic hydroxyl groups excluding tert-OH is 1. The molecule has 0 bridgehead atoms. The third-order valence-corrected chi connectivity index (χ3v) is 1.81. The summed E-state index contributed by atoms with van der Waals surface area (Å²) in [6.07, 6.45) is -6.21. The number of nitrogens with zero attached hydrogens (tertiary/aromatic N) is 1. The van der Waals surface area contributed by atoms with Gasteiger partial charge in [0, 0.05) is 18.7 Å². The topological polar surface area (TPSA) is 42.4 Å². The number of aromatic nitrogens is 1. The first-order valence-corrected chi connectivity index (χ1v) is 4.17. The molecule has 1 aromatic heterocycles. The van der Waals surface area contributed by atoms with Gasteiger partial charge in [0.15, 0.2) is 6.10 Å². The summed E-state index contributed by atoms with van der Waals surface area (Å²) in [5, 5.41) is 8.78. The molecule has 0 aliphatic heterocycles. The lowest BCUT2D eigenvalue weighted by molar-refractivity contribution is -0.203. The smallest absolute Gasteiger partial charge is 0.414 e. The molecule has 0 amide bonds. The summed E-state index contributed by atoms with van der Waals surface area (Å²) < 4.78 is 40.7. The highest BCUT2D eigenvalue weighted by Crippen LogP contribution is 2.23. The minimum Gasteiger partial charge on any atom is -0.481 e. The summed E-state index contributed by atoms with van der Waals surface area (Å²) in [5.74, 6) is 0.320. The van der Waals surface area contributed by atoms with E-state index >= 15 is 0 Å². The van der Waals surface area contributed by atoms with Crippen molar-refractivity contribution in [1.29, 1.82) is 0 Å². The Morgan fingerprint density at radius 3 is 2.53 bits per heavy atom. The van der Waals surface area contributed by atoms with Crippen molar-refractivity contribution in [2.75, 3.05) is 7.11 Å². The summed E-state index contributed by atoms with van der Waals surface area (Å²) in [5.41, 5.74) is 0.306. The molecule has 1 heterocycles. The fourth-order valence-corrected chi connectivity index (χ4v) is 0.991. The second kappa shape index (κ2) is 4.48. The van der Waals surface area contributed by atoms with Crippen molar-refractivity contribution in [2.24, 2.45) is 0 Å². The molecule has 3 nitrogen and oxygen atoms in total. The number of rotatable bonds is 3. The molecule has 0 radical (unpaired) electrons. The van der Waals surface area contributed by atoms with E-state index in [-0.39, 0.29) is 0 Å². The molecule has 0 aliphatic rings. The van der Waals surface area contributed by atoms with E-state index in [4.69, 9.17) is 9.84 Å². The molecule has 6 heteroatoms. The van der Waals surface area contributed by atoms with Gasteiger partial charge in [-0.2, -0.15) is 13.2 Å². The summed E-state index contributed by atoms with van der Waals surface area (Å²) in [4.78, 5) is 3.73. The van der Waals surface area contributed by atoms with Crippen molar-refractivity contribution in [2.45, 2.75) is 18.7 Å². The SMILES string of the molecule is COc1ccc(CC(O)C(F)(F)F)cn1. The van der Waals surface area contributed by atoms with Gasteiger partial charge in [-0.3, -0.25) is 0 Å². The van der Waals surface area contributed by atoms with Gasteiger partial charge in [0.1, 0.15) is 0 Å². The van der Waals surface area contributed by atoms with Crippen LogP contribution in [0.4, 0.5) is 13.2 Å². The molecule has 1 rings (SSSR count). The molecular weight excluding hydrogens is 211 g/mol. The summed E-state index contributed by atoms with van der Waals surface area (Å²) in [6.45, 7) is 0. The molecule has 0 spiro atoms. The van der Waals surface area contributed by atoms with E-state index in [9.17, 15) is 13.2 Å². The lowest BCUT2D eigenvalue weighted by Gasteiger charge is -2.14. The highest BCUT2D eigenvalue weighted by atomic mass is 19.4. The van der Waals surface area contributed by atoms with Gasteiger partial charge in [-0.15, -0.1) is 0 Å². The van der Waals surface area contributed by atoms with Crippen LogP contribution in [0.2, 0.25) is 0 Å². The van der Waals surface area contributed by atoms with Crippen LogP contribution < -0.4 is 4.74 Å². The predicted octanol–water partition coefficient (Wildman–Crippen LogP) is 1.56. The van der Waals surface area contributed by atoms with Crippen molar-refractivity contribution in [3.63, 3.8) is 0 Å². The summed E-state index contributed by atoms with van der Waals surface area (Å²) in [7, 11) is 1.41. The molecule has 0 fully saturated rings. The molecule has 1 N–H and O–H groups in total. The van der Waals surface area contributed by atoms with E-state index in [0.717, 1.165) is 0 Å². The molecule has 84 valence electrons. The Balaban J connectivity index is 2.65. The van der Waals surface area contributed by atoms with Gasteiger partial charge in [-0.1, -0.05) is 6.07 Å². The molecular formula is C9H10F3NO2. The monoisotopic (exact) mass is 221 g/mol. The highest BCUT2D eigenvalue weighted by Gasteiger charge is 2.37. The van der Waals surface area contributed by atoms with Gasteiger partial charge in [0.2, 0.25) is 5.88 Å². The number of alkyl halides is 3. The fraction of sp³-hybridized carbons (Fsp3) is 0.444. The minimum absolute atomic E-state index is 0.306. The van der Waals surface area contributed by atoms with Crippen molar-refractivity contribution < 1.29 is 23.0 Å². The van der Waals surface area contributed by atoms with Gasteiger partial charge >= 0.3 is 6.18 Å². The van der Waals surface area contributed by atoms with Gasteiger partial charge in [0.25, 0.3) is 0 Å². The number of hydrogen-bond acceptors (Lipinski definition) is 3. The first kappa shape index (κ1) is 11.8. The van der Waals surface area contributed by atoms with Crippen LogP contribution in [0.1, 0.15) is 5.56 Å². The van der Waals surface area contributed by atoms with Gasteiger partial charge in [-0.05, 0) is 5.56 Å². The first-order valence-electron chi connectivity index (χ1n) is 4.17. The Kier molecular flexibility index (Phi) is 3.52. The van der Waals surface area contributed by atoms with Crippen LogP contribution in [0.3, 0.4) is 0 Å². The van der Waals surface area contributed by atoms with Crippen LogP contribution in [0.15, 0.2) is 18.3 Å². The Bertz CT molecular complexity index is 310. The van der Waals surface area contributed by atoms with Crippen LogP contribution in [0, 0.1) is 0 Å².